The van der Waals surface area contributed by atoms with Crippen LogP contribution in [0.5, 0.6) is 0 Å². The summed E-state index contributed by atoms with van der Waals surface area (Å²) in [6.45, 7) is 0.640. The highest BCUT2D eigenvalue weighted by atomic mass is 16.2. The Morgan fingerprint density at radius 1 is 0.812 bits per heavy atom. The van der Waals surface area contributed by atoms with E-state index in [0.717, 1.165) is 23.2 Å². The zero-order valence-electron chi connectivity index (χ0n) is 17.8. The number of aromatic amines is 1. The summed E-state index contributed by atoms with van der Waals surface area (Å²) < 4.78 is 0. The smallest absolute Gasteiger partial charge is 0.223 e. The first-order valence-electron chi connectivity index (χ1n) is 11.2. The van der Waals surface area contributed by atoms with Crippen LogP contribution in [-0.2, 0) is 11.3 Å². The van der Waals surface area contributed by atoms with Gasteiger partial charge in [0.05, 0.1) is 11.7 Å². The van der Waals surface area contributed by atoms with Crippen LogP contribution in [0.25, 0.3) is 32.9 Å². The fourth-order valence-corrected chi connectivity index (χ4v) is 5.09. The molecule has 32 heavy (non-hydrogen) atoms. The van der Waals surface area contributed by atoms with Crippen molar-refractivity contribution >= 4 is 27.6 Å². The second-order valence-electron chi connectivity index (χ2n) is 8.58. The lowest BCUT2D eigenvalue weighted by Gasteiger charge is -2.26. The predicted octanol–water partition coefficient (Wildman–Crippen LogP) is 6.85. The molecule has 1 amide bonds. The third-order valence-corrected chi connectivity index (χ3v) is 6.64. The number of hydrogen-bond donors (Lipinski definition) is 1. The van der Waals surface area contributed by atoms with Crippen LogP contribution >= 0.6 is 0 Å². The Bertz CT molecular complexity index is 1430. The molecule has 3 heteroatoms. The third kappa shape index (κ3) is 3.18. The van der Waals surface area contributed by atoms with Crippen molar-refractivity contribution in [2.45, 2.75) is 25.4 Å². The van der Waals surface area contributed by atoms with Crippen molar-refractivity contribution in [1.29, 1.82) is 0 Å². The molecular formula is C29H24N2O. The van der Waals surface area contributed by atoms with Gasteiger partial charge in [-0.1, -0.05) is 84.9 Å². The molecule has 6 rings (SSSR count). The Morgan fingerprint density at radius 3 is 2.44 bits per heavy atom. The lowest BCUT2D eigenvalue weighted by molar-refractivity contribution is -0.129. The number of nitrogens with one attached hydrogen (secondary N) is 1. The van der Waals surface area contributed by atoms with Gasteiger partial charge in [0, 0.05) is 29.4 Å². The average Bonchev–Trinajstić information content (AvgIpc) is 3.39. The zero-order chi connectivity index (χ0) is 21.5. The maximum Gasteiger partial charge on any atom is 0.223 e. The number of para-hydroxylation sites is 1. The topological polar surface area (TPSA) is 36.1 Å². The van der Waals surface area contributed by atoms with Crippen LogP contribution in [0.3, 0.4) is 0 Å². The molecule has 2 heterocycles. The first-order valence-corrected chi connectivity index (χ1v) is 11.2. The number of nitrogens with zero attached hydrogens (tertiary/aromatic N) is 1. The highest BCUT2D eigenvalue weighted by Crippen LogP contribution is 2.43. The highest BCUT2D eigenvalue weighted by Gasteiger charge is 2.35. The van der Waals surface area contributed by atoms with Gasteiger partial charge in [-0.05, 0) is 40.5 Å². The largest absolute Gasteiger partial charge is 0.354 e. The van der Waals surface area contributed by atoms with Gasteiger partial charge in [0.25, 0.3) is 0 Å². The fraction of sp³-hybridized carbons (Fsp3) is 0.138. The summed E-state index contributed by atoms with van der Waals surface area (Å²) in [6.07, 6.45) is 1.43. The molecule has 1 aliphatic heterocycles. The summed E-state index contributed by atoms with van der Waals surface area (Å²) >= 11 is 0. The van der Waals surface area contributed by atoms with E-state index in [1.54, 1.807) is 0 Å². The van der Waals surface area contributed by atoms with Gasteiger partial charge in [-0.3, -0.25) is 4.79 Å². The van der Waals surface area contributed by atoms with Crippen LogP contribution < -0.4 is 0 Å². The van der Waals surface area contributed by atoms with Crippen molar-refractivity contribution in [2.75, 3.05) is 0 Å². The molecule has 1 aliphatic rings. The quantitative estimate of drug-likeness (QED) is 0.342. The van der Waals surface area contributed by atoms with Crippen LogP contribution in [-0.4, -0.2) is 15.8 Å². The number of hydrogen-bond acceptors (Lipinski definition) is 1. The monoisotopic (exact) mass is 416 g/mol. The number of benzene rings is 4. The van der Waals surface area contributed by atoms with E-state index in [0.29, 0.717) is 13.0 Å². The Morgan fingerprint density at radius 2 is 1.56 bits per heavy atom. The molecule has 0 spiro atoms. The molecular weight excluding hydrogens is 392 g/mol. The van der Waals surface area contributed by atoms with Crippen LogP contribution in [0.15, 0.2) is 97.1 Å². The van der Waals surface area contributed by atoms with Crippen molar-refractivity contribution in [3.05, 3.63) is 108 Å². The van der Waals surface area contributed by atoms with E-state index in [-0.39, 0.29) is 11.9 Å². The van der Waals surface area contributed by atoms with Gasteiger partial charge in [0.15, 0.2) is 0 Å². The highest BCUT2D eigenvalue weighted by molar-refractivity contribution is 5.95. The molecule has 1 saturated heterocycles. The molecule has 1 aromatic heterocycles. The van der Waals surface area contributed by atoms with E-state index in [2.05, 4.69) is 88.7 Å². The van der Waals surface area contributed by atoms with Gasteiger partial charge in [0.1, 0.15) is 0 Å². The summed E-state index contributed by atoms with van der Waals surface area (Å²) in [6, 6.07) is 33.9. The van der Waals surface area contributed by atoms with E-state index >= 15 is 0 Å². The molecule has 1 fully saturated rings. The Labute approximate surface area is 187 Å². The molecule has 0 unspecified atom stereocenters. The first-order chi connectivity index (χ1) is 15.8. The summed E-state index contributed by atoms with van der Waals surface area (Å²) in [4.78, 5) is 18.7. The van der Waals surface area contributed by atoms with E-state index in [1.165, 1.54) is 27.3 Å². The number of likely N-dealkylation sites (tertiary alicyclic amines) is 1. The minimum absolute atomic E-state index is 0.0559. The lowest BCUT2D eigenvalue weighted by Crippen LogP contribution is -2.27. The number of H-pyrrole nitrogens is 1. The Hall–Kier alpha value is -3.85. The second kappa shape index (κ2) is 7.69. The van der Waals surface area contributed by atoms with E-state index in [4.69, 9.17) is 0 Å². The molecule has 156 valence electrons. The summed E-state index contributed by atoms with van der Waals surface area (Å²) in [5, 5.41) is 3.65. The van der Waals surface area contributed by atoms with Gasteiger partial charge < -0.3 is 9.88 Å². The number of rotatable bonds is 4. The third-order valence-electron chi connectivity index (χ3n) is 6.64. The summed E-state index contributed by atoms with van der Waals surface area (Å²) in [5.74, 6) is 0.230. The zero-order valence-corrected chi connectivity index (χ0v) is 17.8. The van der Waals surface area contributed by atoms with Crippen molar-refractivity contribution in [1.82, 2.24) is 9.88 Å². The lowest BCUT2D eigenvalue weighted by atomic mass is 9.95. The summed E-state index contributed by atoms with van der Waals surface area (Å²) in [5.41, 5.74) is 5.80. The van der Waals surface area contributed by atoms with Gasteiger partial charge in [0.2, 0.25) is 5.91 Å². The Kier molecular flexibility index (Phi) is 4.53. The Balaban J connectivity index is 1.51. The molecule has 0 saturated carbocycles. The van der Waals surface area contributed by atoms with Crippen molar-refractivity contribution in [3.63, 3.8) is 0 Å². The van der Waals surface area contributed by atoms with Gasteiger partial charge in [-0.25, -0.2) is 0 Å². The SMILES string of the molecule is O=C1CC[C@@H](c2c(-c3ccc4ccccc4c3)[nH]c3ccccc23)N1Cc1ccccc1. The van der Waals surface area contributed by atoms with Crippen molar-refractivity contribution in [3.8, 4) is 11.3 Å². The van der Waals surface area contributed by atoms with Crippen molar-refractivity contribution < 1.29 is 4.79 Å². The van der Waals surface area contributed by atoms with Crippen LogP contribution in [0.2, 0.25) is 0 Å². The molecule has 0 bridgehead atoms. The normalized spacial score (nSPS) is 16.3. The molecule has 0 radical (unpaired) electrons. The molecule has 3 nitrogen and oxygen atoms in total. The van der Waals surface area contributed by atoms with Crippen LogP contribution in [0, 0.1) is 0 Å². The molecule has 1 atom stereocenters. The number of aromatic nitrogens is 1. The second-order valence-corrected chi connectivity index (χ2v) is 8.58. The van der Waals surface area contributed by atoms with E-state index in [1.807, 2.05) is 18.2 Å². The van der Waals surface area contributed by atoms with Crippen LogP contribution in [0.4, 0.5) is 0 Å². The average molecular weight is 417 g/mol. The van der Waals surface area contributed by atoms with Gasteiger partial charge >= 0.3 is 0 Å². The molecule has 1 N–H and O–H groups in total. The number of carbonyl (C=O) groups is 1. The van der Waals surface area contributed by atoms with Crippen molar-refractivity contribution in [2.24, 2.45) is 0 Å². The molecule has 0 aliphatic carbocycles. The van der Waals surface area contributed by atoms with Gasteiger partial charge in [-0.2, -0.15) is 0 Å². The first kappa shape index (κ1) is 18.9. The van der Waals surface area contributed by atoms with Crippen LogP contribution in [0.1, 0.15) is 30.0 Å². The maximum absolute atomic E-state index is 13.0. The summed E-state index contributed by atoms with van der Waals surface area (Å²) in [7, 11) is 0. The molecule has 5 aromatic rings. The van der Waals surface area contributed by atoms with E-state index < -0.39 is 0 Å². The predicted molar refractivity (Wildman–Crippen MR) is 130 cm³/mol. The maximum atomic E-state index is 13.0. The van der Waals surface area contributed by atoms with Gasteiger partial charge in [-0.15, -0.1) is 0 Å². The minimum Gasteiger partial charge on any atom is -0.354 e. The molecule has 4 aromatic carbocycles. The number of amides is 1. The standard InChI is InChI=1S/C29H24N2O/c32-27-17-16-26(31(27)19-20-8-2-1-3-9-20)28-24-12-6-7-13-25(24)30-29(28)23-15-14-21-10-4-5-11-22(21)18-23/h1-15,18,26,30H,16-17,19H2/t26-/m0/s1. The number of carbonyl (C=O) groups excluding carboxylic acids is 1. The number of fused-ring (bicyclic) bond motifs is 2. The fourth-order valence-electron chi connectivity index (χ4n) is 5.09. The van der Waals surface area contributed by atoms with E-state index in [9.17, 15) is 4.79 Å². The minimum atomic E-state index is 0.0559.